The molecule has 2 heteroatoms. The molecule has 0 amide bonds. The summed E-state index contributed by atoms with van der Waals surface area (Å²) in [6.45, 7) is 3.36. The lowest BCUT2D eigenvalue weighted by Crippen LogP contribution is -2.22. The van der Waals surface area contributed by atoms with Gasteiger partial charge < -0.3 is 10.1 Å². The molecule has 2 rings (SSSR count). The molecule has 0 spiro atoms. The van der Waals surface area contributed by atoms with Gasteiger partial charge in [-0.05, 0) is 43.5 Å². The standard InChI is InChI=1S/C17H27NO/c1-14(16-9-6-10-17(13-16)19-2)18-12-11-15-7-4-3-5-8-15/h6,9-10,13-15,18H,3-5,7-8,11-12H2,1-2H3. The van der Waals surface area contributed by atoms with Gasteiger partial charge in [0.2, 0.25) is 0 Å². The first-order valence-corrected chi connectivity index (χ1v) is 7.67. The number of methoxy groups -OCH3 is 1. The van der Waals surface area contributed by atoms with E-state index in [0.717, 1.165) is 18.2 Å². The van der Waals surface area contributed by atoms with Crippen LogP contribution in [0.2, 0.25) is 0 Å². The summed E-state index contributed by atoms with van der Waals surface area (Å²) in [5.74, 6) is 1.90. The Labute approximate surface area is 117 Å². The van der Waals surface area contributed by atoms with E-state index in [1.807, 2.05) is 6.07 Å². The van der Waals surface area contributed by atoms with Crippen molar-refractivity contribution in [3.05, 3.63) is 29.8 Å². The van der Waals surface area contributed by atoms with Crippen LogP contribution in [0.15, 0.2) is 24.3 Å². The molecule has 1 aromatic carbocycles. The van der Waals surface area contributed by atoms with Gasteiger partial charge in [-0.3, -0.25) is 0 Å². The highest BCUT2D eigenvalue weighted by Gasteiger charge is 2.13. The first-order valence-electron chi connectivity index (χ1n) is 7.67. The molecule has 0 radical (unpaired) electrons. The lowest BCUT2D eigenvalue weighted by atomic mass is 9.87. The lowest BCUT2D eigenvalue weighted by Gasteiger charge is -2.23. The molecule has 1 aliphatic carbocycles. The first kappa shape index (κ1) is 14.4. The molecule has 0 heterocycles. The minimum absolute atomic E-state index is 0.402. The molecule has 0 aromatic heterocycles. The van der Waals surface area contributed by atoms with E-state index in [1.54, 1.807) is 7.11 Å². The Kier molecular flexibility index (Phi) is 5.71. The number of hydrogen-bond donors (Lipinski definition) is 1. The molecular formula is C17H27NO. The van der Waals surface area contributed by atoms with E-state index >= 15 is 0 Å². The van der Waals surface area contributed by atoms with E-state index in [1.165, 1.54) is 44.1 Å². The molecule has 2 nitrogen and oxygen atoms in total. The van der Waals surface area contributed by atoms with Crippen LogP contribution in [0.3, 0.4) is 0 Å². The second-order valence-electron chi connectivity index (χ2n) is 5.75. The number of rotatable bonds is 6. The zero-order valence-corrected chi connectivity index (χ0v) is 12.3. The summed E-state index contributed by atoms with van der Waals surface area (Å²) in [4.78, 5) is 0. The minimum atomic E-state index is 0.402. The predicted molar refractivity (Wildman–Crippen MR) is 80.6 cm³/mol. The number of benzene rings is 1. The average molecular weight is 261 g/mol. The highest BCUT2D eigenvalue weighted by Crippen LogP contribution is 2.26. The van der Waals surface area contributed by atoms with Gasteiger partial charge in [-0.25, -0.2) is 0 Å². The Hall–Kier alpha value is -1.02. The van der Waals surface area contributed by atoms with Gasteiger partial charge in [-0.2, -0.15) is 0 Å². The molecule has 19 heavy (non-hydrogen) atoms. The molecular weight excluding hydrogens is 234 g/mol. The van der Waals surface area contributed by atoms with Gasteiger partial charge in [0.1, 0.15) is 5.75 Å². The predicted octanol–water partition coefficient (Wildman–Crippen LogP) is 4.32. The van der Waals surface area contributed by atoms with Crippen LogP contribution in [-0.4, -0.2) is 13.7 Å². The van der Waals surface area contributed by atoms with E-state index in [0.29, 0.717) is 6.04 Å². The molecule has 1 unspecified atom stereocenters. The highest BCUT2D eigenvalue weighted by atomic mass is 16.5. The van der Waals surface area contributed by atoms with Gasteiger partial charge in [-0.15, -0.1) is 0 Å². The largest absolute Gasteiger partial charge is 0.497 e. The molecule has 1 aliphatic rings. The molecule has 0 saturated heterocycles. The van der Waals surface area contributed by atoms with Crippen LogP contribution in [0, 0.1) is 5.92 Å². The van der Waals surface area contributed by atoms with E-state index in [4.69, 9.17) is 4.74 Å². The summed E-state index contributed by atoms with van der Waals surface area (Å²) in [5, 5.41) is 3.64. The zero-order chi connectivity index (χ0) is 13.5. The van der Waals surface area contributed by atoms with Crippen molar-refractivity contribution in [2.24, 2.45) is 5.92 Å². The summed E-state index contributed by atoms with van der Waals surface area (Å²) >= 11 is 0. The molecule has 0 bridgehead atoms. The molecule has 1 saturated carbocycles. The molecule has 1 N–H and O–H groups in total. The second kappa shape index (κ2) is 7.54. The SMILES string of the molecule is COc1cccc(C(C)NCCC2CCCCC2)c1. The van der Waals surface area contributed by atoms with Crippen molar-refractivity contribution in [1.82, 2.24) is 5.32 Å². The summed E-state index contributed by atoms with van der Waals surface area (Å²) in [6.07, 6.45) is 8.54. The fourth-order valence-corrected chi connectivity index (χ4v) is 3.01. The van der Waals surface area contributed by atoms with Crippen LogP contribution in [-0.2, 0) is 0 Å². The third-order valence-electron chi connectivity index (χ3n) is 4.32. The lowest BCUT2D eigenvalue weighted by molar-refractivity contribution is 0.329. The van der Waals surface area contributed by atoms with Gasteiger partial charge in [0.05, 0.1) is 7.11 Å². The minimum Gasteiger partial charge on any atom is -0.497 e. The van der Waals surface area contributed by atoms with Crippen LogP contribution in [0.4, 0.5) is 0 Å². The van der Waals surface area contributed by atoms with Crippen LogP contribution in [0.25, 0.3) is 0 Å². The smallest absolute Gasteiger partial charge is 0.119 e. The fourth-order valence-electron chi connectivity index (χ4n) is 3.01. The van der Waals surface area contributed by atoms with Gasteiger partial charge >= 0.3 is 0 Å². The van der Waals surface area contributed by atoms with Crippen molar-refractivity contribution in [3.63, 3.8) is 0 Å². The van der Waals surface area contributed by atoms with Crippen molar-refractivity contribution < 1.29 is 4.74 Å². The molecule has 1 atom stereocenters. The normalized spacial score (nSPS) is 18.2. The summed E-state index contributed by atoms with van der Waals surface area (Å²) in [6, 6.07) is 8.75. The summed E-state index contributed by atoms with van der Waals surface area (Å²) < 4.78 is 5.28. The van der Waals surface area contributed by atoms with E-state index in [-0.39, 0.29) is 0 Å². The maximum atomic E-state index is 5.28. The van der Waals surface area contributed by atoms with Crippen molar-refractivity contribution in [1.29, 1.82) is 0 Å². The number of nitrogens with one attached hydrogen (secondary N) is 1. The average Bonchev–Trinajstić information content (AvgIpc) is 2.48. The third-order valence-corrected chi connectivity index (χ3v) is 4.32. The van der Waals surface area contributed by atoms with Crippen LogP contribution in [0.5, 0.6) is 5.75 Å². The van der Waals surface area contributed by atoms with Gasteiger partial charge in [0.25, 0.3) is 0 Å². The molecule has 0 aliphatic heterocycles. The second-order valence-corrected chi connectivity index (χ2v) is 5.75. The zero-order valence-electron chi connectivity index (χ0n) is 12.3. The van der Waals surface area contributed by atoms with E-state index in [9.17, 15) is 0 Å². The van der Waals surface area contributed by atoms with E-state index in [2.05, 4.69) is 30.4 Å². The van der Waals surface area contributed by atoms with Gasteiger partial charge in [0.15, 0.2) is 0 Å². The molecule has 1 fully saturated rings. The topological polar surface area (TPSA) is 21.3 Å². The van der Waals surface area contributed by atoms with Crippen LogP contribution >= 0.6 is 0 Å². The quantitative estimate of drug-likeness (QED) is 0.823. The van der Waals surface area contributed by atoms with Crippen molar-refractivity contribution in [2.45, 2.75) is 51.5 Å². The van der Waals surface area contributed by atoms with Crippen LogP contribution < -0.4 is 10.1 Å². The Morgan fingerprint density at radius 2 is 2.05 bits per heavy atom. The van der Waals surface area contributed by atoms with Crippen molar-refractivity contribution in [2.75, 3.05) is 13.7 Å². The van der Waals surface area contributed by atoms with E-state index < -0.39 is 0 Å². The fraction of sp³-hybridized carbons (Fsp3) is 0.647. The molecule has 106 valence electrons. The van der Waals surface area contributed by atoms with Gasteiger partial charge in [-0.1, -0.05) is 44.2 Å². The Balaban J connectivity index is 1.75. The summed E-state index contributed by atoms with van der Waals surface area (Å²) in [7, 11) is 1.72. The monoisotopic (exact) mass is 261 g/mol. The van der Waals surface area contributed by atoms with Crippen molar-refractivity contribution in [3.8, 4) is 5.75 Å². The third kappa shape index (κ3) is 4.54. The maximum Gasteiger partial charge on any atom is 0.119 e. The highest BCUT2D eigenvalue weighted by molar-refractivity contribution is 5.30. The maximum absolute atomic E-state index is 5.28. The number of hydrogen-bond acceptors (Lipinski definition) is 2. The van der Waals surface area contributed by atoms with Crippen LogP contribution in [0.1, 0.15) is 57.1 Å². The molecule has 1 aromatic rings. The first-order chi connectivity index (χ1) is 9.29. The Morgan fingerprint density at radius 3 is 2.79 bits per heavy atom. The van der Waals surface area contributed by atoms with Crippen molar-refractivity contribution >= 4 is 0 Å². The number of ether oxygens (including phenoxy) is 1. The van der Waals surface area contributed by atoms with Gasteiger partial charge in [0, 0.05) is 6.04 Å². The Morgan fingerprint density at radius 1 is 1.26 bits per heavy atom. The Bertz CT molecular complexity index is 371. The summed E-state index contributed by atoms with van der Waals surface area (Å²) in [5.41, 5.74) is 1.31.